The summed E-state index contributed by atoms with van der Waals surface area (Å²) < 4.78 is 1.97. The fraction of sp³-hybridized carbons (Fsp3) is 0.750. The van der Waals surface area contributed by atoms with Gasteiger partial charge in [0.25, 0.3) is 0 Å². The number of carbonyl (C=O) groups is 1. The lowest BCUT2D eigenvalue weighted by molar-refractivity contribution is -0.117. The number of hydrogen-bond donors (Lipinski definition) is 1. The number of amides is 1. The van der Waals surface area contributed by atoms with Gasteiger partial charge in [0, 0.05) is 17.9 Å². The molecule has 0 bridgehead atoms. The topological polar surface area (TPSA) is 46.9 Å². The van der Waals surface area contributed by atoms with E-state index in [9.17, 15) is 4.79 Å². The summed E-state index contributed by atoms with van der Waals surface area (Å²) in [5, 5.41) is 7.60. The number of nitrogens with zero attached hydrogens (tertiary/aromatic N) is 2. The summed E-state index contributed by atoms with van der Waals surface area (Å²) in [7, 11) is 0. The Morgan fingerprint density at radius 2 is 1.95 bits per heavy atom. The van der Waals surface area contributed by atoms with Crippen molar-refractivity contribution in [3.8, 4) is 0 Å². The van der Waals surface area contributed by atoms with Gasteiger partial charge < -0.3 is 5.32 Å². The largest absolute Gasteiger partial charge is 0.311 e. The van der Waals surface area contributed by atoms with Crippen LogP contribution in [0, 0.1) is 5.92 Å². The predicted molar refractivity (Wildman–Crippen MR) is 79.8 cm³/mol. The van der Waals surface area contributed by atoms with Gasteiger partial charge in [-0.15, -0.1) is 0 Å². The lowest BCUT2D eigenvalue weighted by Crippen LogP contribution is -2.32. The number of aromatic nitrogens is 2. The molecule has 1 amide bonds. The van der Waals surface area contributed by atoms with Crippen LogP contribution in [0.2, 0.25) is 0 Å². The number of fused-ring (bicyclic) bond motifs is 1. The average molecular weight is 275 g/mol. The Labute approximate surface area is 120 Å². The third-order valence-corrected chi connectivity index (χ3v) is 4.71. The van der Waals surface area contributed by atoms with Crippen LogP contribution in [-0.4, -0.2) is 15.7 Å². The molecule has 2 aliphatic rings. The standard InChI is InChI=1S/C16H25N3O/c1-16(2,3)19-15-13(10-17-19)12(9-14(20)18-15)11-7-5-4-6-8-11/h10-12H,4-9H2,1-3H3,(H,18,20). The SMILES string of the molecule is CC(C)(C)n1ncc2c1NC(=O)CC2C1CCCCC1. The fourth-order valence-corrected chi connectivity index (χ4v) is 3.72. The van der Waals surface area contributed by atoms with Crippen molar-refractivity contribution in [2.75, 3.05) is 5.32 Å². The van der Waals surface area contributed by atoms with E-state index < -0.39 is 0 Å². The molecule has 110 valence electrons. The Hall–Kier alpha value is -1.32. The summed E-state index contributed by atoms with van der Waals surface area (Å²) in [4.78, 5) is 12.1. The lowest BCUT2D eigenvalue weighted by Gasteiger charge is -2.33. The second kappa shape index (κ2) is 4.90. The molecule has 1 aliphatic heterocycles. The maximum absolute atomic E-state index is 12.1. The summed E-state index contributed by atoms with van der Waals surface area (Å²) in [6, 6.07) is 0. The van der Waals surface area contributed by atoms with Crippen LogP contribution in [0.15, 0.2) is 6.20 Å². The molecule has 1 fully saturated rings. The second-order valence-electron chi connectivity index (χ2n) is 7.29. The lowest BCUT2D eigenvalue weighted by atomic mass is 9.74. The van der Waals surface area contributed by atoms with Gasteiger partial charge in [0.2, 0.25) is 5.91 Å². The Balaban J connectivity index is 1.96. The molecule has 0 radical (unpaired) electrons. The van der Waals surface area contributed by atoms with Crippen LogP contribution in [0.4, 0.5) is 5.82 Å². The van der Waals surface area contributed by atoms with Crippen molar-refractivity contribution in [3.63, 3.8) is 0 Å². The Kier molecular flexibility index (Phi) is 3.35. The van der Waals surface area contributed by atoms with E-state index in [1.54, 1.807) is 0 Å². The van der Waals surface area contributed by atoms with Crippen LogP contribution < -0.4 is 5.32 Å². The average Bonchev–Trinajstić information content (AvgIpc) is 2.82. The number of hydrogen-bond acceptors (Lipinski definition) is 2. The first-order valence-corrected chi connectivity index (χ1v) is 7.85. The smallest absolute Gasteiger partial charge is 0.226 e. The molecule has 3 rings (SSSR count). The molecule has 1 aromatic heterocycles. The molecule has 1 unspecified atom stereocenters. The summed E-state index contributed by atoms with van der Waals surface area (Å²) in [5.41, 5.74) is 1.15. The second-order valence-corrected chi connectivity index (χ2v) is 7.29. The summed E-state index contributed by atoms with van der Waals surface area (Å²) in [5.74, 6) is 2.12. The van der Waals surface area contributed by atoms with E-state index in [0.29, 0.717) is 18.3 Å². The van der Waals surface area contributed by atoms with Crippen LogP contribution in [0.3, 0.4) is 0 Å². The first-order chi connectivity index (χ1) is 9.47. The third-order valence-electron chi connectivity index (χ3n) is 4.71. The van der Waals surface area contributed by atoms with E-state index in [0.717, 1.165) is 5.82 Å². The highest BCUT2D eigenvalue weighted by Crippen LogP contribution is 2.43. The molecular weight excluding hydrogens is 250 g/mol. The van der Waals surface area contributed by atoms with Crippen LogP contribution >= 0.6 is 0 Å². The summed E-state index contributed by atoms with van der Waals surface area (Å²) in [6.07, 6.45) is 9.11. The number of anilines is 1. The van der Waals surface area contributed by atoms with Crippen molar-refractivity contribution in [2.24, 2.45) is 5.92 Å². The Bertz CT molecular complexity index is 506. The molecule has 0 spiro atoms. The Morgan fingerprint density at radius 1 is 1.25 bits per heavy atom. The first kappa shape index (κ1) is 13.7. The van der Waals surface area contributed by atoms with Gasteiger partial charge in [-0.2, -0.15) is 5.10 Å². The maximum Gasteiger partial charge on any atom is 0.226 e. The highest BCUT2D eigenvalue weighted by Gasteiger charge is 2.36. The van der Waals surface area contributed by atoms with Crippen LogP contribution in [0.1, 0.15) is 70.8 Å². The number of rotatable bonds is 1. The third kappa shape index (κ3) is 2.36. The molecule has 1 aromatic rings. The molecule has 0 aromatic carbocycles. The predicted octanol–water partition coefficient (Wildman–Crippen LogP) is 3.64. The number of nitrogens with one attached hydrogen (secondary N) is 1. The first-order valence-electron chi connectivity index (χ1n) is 7.85. The van der Waals surface area contributed by atoms with Crippen molar-refractivity contribution in [1.82, 2.24) is 9.78 Å². The van der Waals surface area contributed by atoms with Gasteiger partial charge in [-0.3, -0.25) is 4.79 Å². The minimum absolute atomic E-state index is 0.102. The van der Waals surface area contributed by atoms with E-state index >= 15 is 0 Å². The van der Waals surface area contributed by atoms with Gasteiger partial charge in [-0.1, -0.05) is 19.3 Å². The molecule has 1 saturated carbocycles. The van der Waals surface area contributed by atoms with Gasteiger partial charge in [0.15, 0.2) is 0 Å². The van der Waals surface area contributed by atoms with E-state index in [-0.39, 0.29) is 11.4 Å². The van der Waals surface area contributed by atoms with Gasteiger partial charge in [-0.25, -0.2) is 4.68 Å². The molecule has 20 heavy (non-hydrogen) atoms. The molecule has 1 N–H and O–H groups in total. The highest BCUT2D eigenvalue weighted by molar-refractivity contribution is 5.93. The van der Waals surface area contributed by atoms with Crippen LogP contribution in [0.5, 0.6) is 0 Å². The van der Waals surface area contributed by atoms with E-state index in [1.165, 1.54) is 37.7 Å². The van der Waals surface area contributed by atoms with Crippen molar-refractivity contribution in [3.05, 3.63) is 11.8 Å². The zero-order chi connectivity index (χ0) is 14.3. The summed E-state index contributed by atoms with van der Waals surface area (Å²) >= 11 is 0. The molecule has 4 heteroatoms. The molecule has 1 aliphatic carbocycles. The quantitative estimate of drug-likeness (QED) is 0.850. The van der Waals surface area contributed by atoms with Gasteiger partial charge in [0.1, 0.15) is 5.82 Å². The minimum Gasteiger partial charge on any atom is -0.311 e. The summed E-state index contributed by atoms with van der Waals surface area (Å²) in [6.45, 7) is 6.37. The van der Waals surface area contributed by atoms with Crippen LogP contribution in [-0.2, 0) is 10.3 Å². The Morgan fingerprint density at radius 3 is 2.60 bits per heavy atom. The van der Waals surface area contributed by atoms with Crippen molar-refractivity contribution < 1.29 is 4.79 Å². The zero-order valence-electron chi connectivity index (χ0n) is 12.8. The van der Waals surface area contributed by atoms with Gasteiger partial charge in [0.05, 0.1) is 11.7 Å². The molecule has 1 atom stereocenters. The fourth-order valence-electron chi connectivity index (χ4n) is 3.72. The van der Waals surface area contributed by atoms with E-state index in [2.05, 4.69) is 31.2 Å². The maximum atomic E-state index is 12.1. The minimum atomic E-state index is -0.102. The van der Waals surface area contributed by atoms with E-state index in [1.807, 2.05) is 10.9 Å². The molecular formula is C16H25N3O. The normalized spacial score (nSPS) is 24.4. The number of carbonyl (C=O) groups excluding carboxylic acids is 1. The van der Waals surface area contributed by atoms with Gasteiger partial charge >= 0.3 is 0 Å². The highest BCUT2D eigenvalue weighted by atomic mass is 16.1. The van der Waals surface area contributed by atoms with E-state index in [4.69, 9.17) is 0 Å². The van der Waals surface area contributed by atoms with Gasteiger partial charge in [-0.05, 0) is 39.5 Å². The molecule has 4 nitrogen and oxygen atoms in total. The molecule has 0 saturated heterocycles. The van der Waals surface area contributed by atoms with Crippen molar-refractivity contribution in [1.29, 1.82) is 0 Å². The van der Waals surface area contributed by atoms with Crippen molar-refractivity contribution in [2.45, 2.75) is 70.8 Å². The zero-order valence-corrected chi connectivity index (χ0v) is 12.8. The molecule has 2 heterocycles. The monoisotopic (exact) mass is 275 g/mol. The van der Waals surface area contributed by atoms with Crippen LogP contribution in [0.25, 0.3) is 0 Å². The van der Waals surface area contributed by atoms with Crippen molar-refractivity contribution >= 4 is 11.7 Å².